The third kappa shape index (κ3) is 5.02. The zero-order valence-electron chi connectivity index (χ0n) is 18.4. The average Bonchev–Trinajstić information content (AvgIpc) is 3.10. The molecule has 0 saturated carbocycles. The Morgan fingerprint density at radius 3 is 2.38 bits per heavy atom. The summed E-state index contributed by atoms with van der Waals surface area (Å²) < 4.78 is 52.4. The van der Waals surface area contributed by atoms with Gasteiger partial charge >= 0.3 is 5.97 Å². The number of carbonyl (C=O) groups is 1. The van der Waals surface area contributed by atoms with E-state index in [0.29, 0.717) is 22.6 Å². The number of aryl methyl sites for hydroxylation is 1. The average molecular weight is 490 g/mol. The van der Waals surface area contributed by atoms with E-state index in [1.807, 2.05) is 0 Å². The van der Waals surface area contributed by atoms with E-state index in [-0.39, 0.29) is 21.7 Å². The predicted molar refractivity (Wildman–Crippen MR) is 122 cm³/mol. The Morgan fingerprint density at radius 1 is 1.12 bits per heavy atom. The van der Waals surface area contributed by atoms with E-state index in [1.165, 1.54) is 55.4 Å². The highest BCUT2D eigenvalue weighted by Crippen LogP contribution is 2.26. The number of carboxylic acid groups (broad SMARTS) is 1. The third-order valence-corrected chi connectivity index (χ3v) is 6.65. The molecule has 0 atom stereocenters. The second-order valence-corrected chi connectivity index (χ2v) is 9.48. The lowest BCUT2D eigenvalue weighted by atomic mass is 10.2. The minimum atomic E-state index is -3.63. The summed E-state index contributed by atoms with van der Waals surface area (Å²) in [4.78, 5) is 18.7. The quantitative estimate of drug-likeness (QED) is 0.421. The van der Waals surface area contributed by atoms with Crippen molar-refractivity contribution in [3.05, 3.63) is 77.8 Å². The molecule has 0 saturated heterocycles. The number of nitrogens with zero attached hydrogens (tertiary/aromatic N) is 4. The molecule has 34 heavy (non-hydrogen) atoms. The molecule has 178 valence electrons. The van der Waals surface area contributed by atoms with Crippen LogP contribution < -0.4 is 5.84 Å². The molecule has 9 nitrogen and oxygen atoms in total. The van der Waals surface area contributed by atoms with Gasteiger partial charge in [-0.15, -0.1) is 0 Å². The summed E-state index contributed by atoms with van der Waals surface area (Å²) in [5.74, 6) is 3.99. The normalized spacial score (nSPS) is 11.4. The van der Waals surface area contributed by atoms with Gasteiger partial charge in [-0.05, 0) is 37.3 Å². The van der Waals surface area contributed by atoms with Gasteiger partial charge < -0.3 is 10.9 Å². The maximum atomic E-state index is 13.2. The van der Waals surface area contributed by atoms with E-state index in [1.54, 1.807) is 19.1 Å². The molecule has 0 bridgehead atoms. The highest BCUT2D eigenvalue weighted by Gasteiger charge is 2.23. The summed E-state index contributed by atoms with van der Waals surface area (Å²) in [5, 5.41) is 9.11. The second kappa shape index (κ2) is 9.53. The Kier molecular flexibility index (Phi) is 6.93. The molecular formula is C22H21F2N5O4S. The van der Waals surface area contributed by atoms with Crippen molar-refractivity contribution in [1.29, 1.82) is 0 Å². The fraction of sp³-hybridized carbons (Fsp3) is 0.136. The van der Waals surface area contributed by atoms with Gasteiger partial charge in [0.05, 0.1) is 16.8 Å². The molecule has 3 N–H and O–H groups in total. The molecule has 2 aromatic carbocycles. The number of benzene rings is 2. The van der Waals surface area contributed by atoms with Gasteiger partial charge in [-0.1, -0.05) is 12.1 Å². The predicted octanol–water partition coefficient (Wildman–Crippen LogP) is 3.03. The highest BCUT2D eigenvalue weighted by atomic mass is 32.2. The molecule has 2 heterocycles. The molecule has 0 unspecified atom stereocenters. The van der Waals surface area contributed by atoms with Crippen LogP contribution in [-0.2, 0) is 10.0 Å². The van der Waals surface area contributed by atoms with E-state index >= 15 is 0 Å². The van der Waals surface area contributed by atoms with Gasteiger partial charge in [0.1, 0.15) is 16.5 Å². The molecule has 4 aromatic rings. The van der Waals surface area contributed by atoms with Crippen LogP contribution in [0.25, 0.3) is 22.3 Å². The number of hydrogen-bond acceptors (Lipinski definition) is 6. The number of nitrogens with two attached hydrogens (primary N) is 1. The Morgan fingerprint density at radius 2 is 1.79 bits per heavy atom. The number of aromatic nitrogens is 3. The second-order valence-electron chi connectivity index (χ2n) is 7.36. The number of carboxylic acids is 1. The number of nitrogen functional groups attached to an aromatic ring is 1. The molecular weight excluding hydrogens is 468 g/mol. The third-order valence-electron chi connectivity index (χ3n) is 4.81. The van der Waals surface area contributed by atoms with Crippen LogP contribution in [0.4, 0.5) is 8.78 Å². The fourth-order valence-corrected chi connectivity index (χ4v) is 4.12. The first-order chi connectivity index (χ1) is 15.9. The van der Waals surface area contributed by atoms with Gasteiger partial charge in [0, 0.05) is 37.4 Å². The summed E-state index contributed by atoms with van der Waals surface area (Å²) >= 11 is 0. The van der Waals surface area contributed by atoms with Crippen molar-refractivity contribution in [2.24, 2.45) is 0 Å². The SMILES string of the molecule is CN(C)S(=O)(=O)c1cn(N)c2ccc(F)cc12.Cc1nc(-c2cccc(F)c2)ncc1C(=O)O. The first-order valence-corrected chi connectivity index (χ1v) is 11.2. The van der Waals surface area contributed by atoms with Crippen LogP contribution in [0.2, 0.25) is 0 Å². The van der Waals surface area contributed by atoms with Gasteiger partial charge in [0.2, 0.25) is 10.0 Å². The van der Waals surface area contributed by atoms with Crippen LogP contribution >= 0.6 is 0 Å². The van der Waals surface area contributed by atoms with Crippen molar-refractivity contribution in [1.82, 2.24) is 18.9 Å². The number of halogens is 2. The van der Waals surface area contributed by atoms with Crippen molar-refractivity contribution in [3.63, 3.8) is 0 Å². The van der Waals surface area contributed by atoms with Crippen molar-refractivity contribution in [3.8, 4) is 11.4 Å². The maximum absolute atomic E-state index is 13.2. The molecule has 0 aliphatic heterocycles. The first-order valence-electron chi connectivity index (χ1n) is 9.73. The summed E-state index contributed by atoms with van der Waals surface area (Å²) in [5.41, 5.74) is 1.38. The lowest BCUT2D eigenvalue weighted by Gasteiger charge is -2.09. The Hall–Kier alpha value is -3.90. The zero-order chi connectivity index (χ0) is 25.2. The van der Waals surface area contributed by atoms with Crippen LogP contribution in [0, 0.1) is 18.6 Å². The molecule has 0 aliphatic carbocycles. The number of sulfonamides is 1. The Bertz CT molecular complexity index is 1490. The van der Waals surface area contributed by atoms with Crippen molar-refractivity contribution in [2.45, 2.75) is 11.8 Å². The van der Waals surface area contributed by atoms with E-state index in [4.69, 9.17) is 10.9 Å². The summed E-state index contributed by atoms with van der Waals surface area (Å²) in [7, 11) is -0.812. The molecule has 0 radical (unpaired) electrons. The molecule has 0 amide bonds. The first kappa shape index (κ1) is 24.7. The van der Waals surface area contributed by atoms with Crippen LogP contribution in [0.15, 0.2) is 59.8 Å². The van der Waals surface area contributed by atoms with Crippen LogP contribution in [-0.4, -0.2) is 52.5 Å². The summed E-state index contributed by atoms with van der Waals surface area (Å²) in [6, 6.07) is 9.68. The van der Waals surface area contributed by atoms with Crippen molar-refractivity contribution in [2.75, 3.05) is 19.9 Å². The van der Waals surface area contributed by atoms with Crippen molar-refractivity contribution < 1.29 is 27.1 Å². The van der Waals surface area contributed by atoms with Crippen LogP contribution in [0.1, 0.15) is 16.1 Å². The number of fused-ring (bicyclic) bond motifs is 1. The largest absolute Gasteiger partial charge is 0.478 e. The van der Waals surface area contributed by atoms with Gasteiger partial charge in [0.25, 0.3) is 0 Å². The number of aromatic carboxylic acids is 1. The van der Waals surface area contributed by atoms with Gasteiger partial charge in [-0.25, -0.2) is 36.3 Å². The lowest BCUT2D eigenvalue weighted by molar-refractivity contribution is 0.0695. The standard InChI is InChI=1S/C12H9FN2O2.C10H12FN3O2S/c1-7-10(12(16)17)6-14-11(15-7)8-3-2-4-9(13)5-8;1-13(2)17(15,16)10-6-14(12)9-4-3-7(11)5-8(9)10/h2-6H,1H3,(H,16,17);3-6H,12H2,1-2H3. The Balaban J connectivity index is 0.000000191. The smallest absolute Gasteiger partial charge is 0.339 e. The molecule has 12 heteroatoms. The van der Waals surface area contributed by atoms with Gasteiger partial charge in [-0.3, -0.25) is 4.68 Å². The topological polar surface area (TPSA) is 131 Å². The van der Waals surface area contributed by atoms with Crippen molar-refractivity contribution >= 4 is 26.9 Å². The maximum Gasteiger partial charge on any atom is 0.339 e. The minimum absolute atomic E-state index is 0.000463. The van der Waals surface area contributed by atoms with Crippen LogP contribution in [0.5, 0.6) is 0 Å². The summed E-state index contributed by atoms with van der Waals surface area (Å²) in [6.45, 7) is 1.58. The Labute approximate surface area is 194 Å². The van der Waals surface area contributed by atoms with E-state index in [0.717, 1.165) is 10.4 Å². The number of rotatable bonds is 4. The van der Waals surface area contributed by atoms with Gasteiger partial charge in [-0.2, -0.15) is 0 Å². The molecule has 0 aliphatic rings. The van der Waals surface area contributed by atoms with Gasteiger partial charge in [0.15, 0.2) is 5.82 Å². The monoisotopic (exact) mass is 489 g/mol. The van der Waals surface area contributed by atoms with E-state index in [9.17, 15) is 22.0 Å². The minimum Gasteiger partial charge on any atom is -0.478 e. The summed E-state index contributed by atoms with van der Waals surface area (Å²) in [6.07, 6.45) is 2.50. The molecule has 0 spiro atoms. The van der Waals surface area contributed by atoms with Crippen LogP contribution in [0.3, 0.4) is 0 Å². The van der Waals surface area contributed by atoms with E-state index < -0.39 is 21.8 Å². The van der Waals surface area contributed by atoms with E-state index in [2.05, 4.69) is 9.97 Å². The molecule has 0 fully saturated rings. The number of hydrogen-bond donors (Lipinski definition) is 2. The fourth-order valence-electron chi connectivity index (χ4n) is 3.04. The highest BCUT2D eigenvalue weighted by molar-refractivity contribution is 7.89. The molecule has 4 rings (SSSR count). The molecule has 2 aromatic heterocycles. The lowest BCUT2D eigenvalue weighted by Crippen LogP contribution is -2.22. The zero-order valence-corrected chi connectivity index (χ0v) is 19.2.